The van der Waals surface area contributed by atoms with E-state index in [1.54, 1.807) is 18.5 Å². The van der Waals surface area contributed by atoms with Gasteiger partial charge < -0.3 is 5.73 Å². The lowest BCUT2D eigenvalue weighted by atomic mass is 10.3. The number of amides is 1. The van der Waals surface area contributed by atoms with E-state index in [2.05, 4.69) is 14.7 Å². The van der Waals surface area contributed by atoms with Gasteiger partial charge >= 0.3 is 0 Å². The number of sulfonamides is 1. The van der Waals surface area contributed by atoms with Crippen LogP contribution in [0.25, 0.3) is 0 Å². The second-order valence-electron chi connectivity index (χ2n) is 4.68. The summed E-state index contributed by atoms with van der Waals surface area (Å²) >= 11 is 6.83. The van der Waals surface area contributed by atoms with Crippen molar-refractivity contribution in [3.8, 4) is 0 Å². The standard InChI is InChI=1S/C14H15ClN4O3S2/c15-10-2-4-11(5-3-10)24(21,22)19-9-6-12(13(16)20)23-14-17-7-1-8-18-14/h1-5,7-8,12,19H,6,9H2,(H2,16,20)/t12-/m0/s1. The maximum atomic E-state index is 12.2. The molecule has 0 saturated carbocycles. The minimum absolute atomic E-state index is 0.0540. The average Bonchev–Trinajstić information content (AvgIpc) is 2.55. The molecule has 1 aromatic carbocycles. The van der Waals surface area contributed by atoms with Crippen molar-refractivity contribution in [2.75, 3.05) is 6.54 Å². The molecule has 0 bridgehead atoms. The van der Waals surface area contributed by atoms with Gasteiger partial charge in [0.15, 0.2) is 5.16 Å². The Bertz CT molecular complexity index is 785. The maximum absolute atomic E-state index is 12.2. The average molecular weight is 387 g/mol. The van der Waals surface area contributed by atoms with Gasteiger partial charge in [-0.3, -0.25) is 4.79 Å². The number of thioether (sulfide) groups is 1. The van der Waals surface area contributed by atoms with Crippen LogP contribution in [0.5, 0.6) is 0 Å². The van der Waals surface area contributed by atoms with Gasteiger partial charge in [-0.25, -0.2) is 23.1 Å². The lowest BCUT2D eigenvalue weighted by Crippen LogP contribution is -2.32. The van der Waals surface area contributed by atoms with Gasteiger partial charge in [0.1, 0.15) is 0 Å². The summed E-state index contributed by atoms with van der Waals surface area (Å²) in [5.74, 6) is -0.557. The van der Waals surface area contributed by atoms with E-state index in [0.29, 0.717) is 10.2 Å². The molecule has 0 radical (unpaired) electrons. The molecule has 2 rings (SSSR count). The summed E-state index contributed by atoms with van der Waals surface area (Å²) in [6.45, 7) is 0.0540. The van der Waals surface area contributed by atoms with Crippen molar-refractivity contribution < 1.29 is 13.2 Å². The maximum Gasteiger partial charge on any atom is 0.240 e. The molecule has 24 heavy (non-hydrogen) atoms. The highest BCUT2D eigenvalue weighted by Gasteiger charge is 2.20. The molecule has 1 atom stereocenters. The van der Waals surface area contributed by atoms with E-state index >= 15 is 0 Å². The first kappa shape index (κ1) is 18.7. The lowest BCUT2D eigenvalue weighted by molar-refractivity contribution is -0.117. The zero-order valence-electron chi connectivity index (χ0n) is 12.4. The number of halogens is 1. The van der Waals surface area contributed by atoms with Crippen LogP contribution in [-0.2, 0) is 14.8 Å². The van der Waals surface area contributed by atoms with E-state index in [4.69, 9.17) is 17.3 Å². The molecule has 2 aromatic rings. The fourth-order valence-electron chi connectivity index (χ4n) is 1.75. The predicted molar refractivity (Wildman–Crippen MR) is 92.1 cm³/mol. The molecule has 7 nitrogen and oxygen atoms in total. The van der Waals surface area contributed by atoms with Crippen molar-refractivity contribution >= 4 is 39.3 Å². The molecular weight excluding hydrogens is 372 g/mol. The summed E-state index contributed by atoms with van der Waals surface area (Å²) in [6, 6.07) is 7.45. The molecule has 0 aliphatic rings. The second kappa shape index (κ2) is 8.43. The van der Waals surface area contributed by atoms with Crippen molar-refractivity contribution in [3.63, 3.8) is 0 Å². The topological polar surface area (TPSA) is 115 Å². The number of benzene rings is 1. The van der Waals surface area contributed by atoms with E-state index < -0.39 is 21.2 Å². The molecule has 0 spiro atoms. The number of nitrogens with zero attached hydrogens (tertiary/aromatic N) is 2. The quantitative estimate of drug-likeness (QED) is 0.524. The molecular formula is C14H15ClN4O3S2. The fraction of sp³-hybridized carbons (Fsp3) is 0.214. The Kier molecular flexibility index (Phi) is 6.55. The van der Waals surface area contributed by atoms with Crippen molar-refractivity contribution in [2.45, 2.75) is 21.7 Å². The van der Waals surface area contributed by atoms with Gasteiger partial charge in [0.2, 0.25) is 15.9 Å². The van der Waals surface area contributed by atoms with Crippen molar-refractivity contribution in [1.29, 1.82) is 0 Å². The Hall–Kier alpha value is -1.68. The molecule has 1 aromatic heterocycles. The van der Waals surface area contributed by atoms with Crippen LogP contribution >= 0.6 is 23.4 Å². The molecule has 0 fully saturated rings. The highest BCUT2D eigenvalue weighted by molar-refractivity contribution is 8.00. The second-order valence-corrected chi connectivity index (χ2v) is 8.05. The minimum atomic E-state index is -3.67. The first-order chi connectivity index (χ1) is 11.4. The van der Waals surface area contributed by atoms with Crippen LogP contribution < -0.4 is 10.5 Å². The highest BCUT2D eigenvalue weighted by Crippen LogP contribution is 2.21. The van der Waals surface area contributed by atoms with Gasteiger partial charge in [-0.05, 0) is 36.8 Å². The molecule has 0 saturated heterocycles. The number of carbonyl (C=O) groups excluding carboxylic acids is 1. The summed E-state index contributed by atoms with van der Waals surface area (Å²) in [5.41, 5.74) is 5.35. The van der Waals surface area contributed by atoms with Gasteiger partial charge in [-0.2, -0.15) is 0 Å². The first-order valence-electron chi connectivity index (χ1n) is 6.87. The third-order valence-electron chi connectivity index (χ3n) is 2.93. The number of carbonyl (C=O) groups is 1. The highest BCUT2D eigenvalue weighted by atomic mass is 35.5. The first-order valence-corrected chi connectivity index (χ1v) is 9.61. The summed E-state index contributed by atoms with van der Waals surface area (Å²) in [6.07, 6.45) is 3.32. The molecule has 0 aliphatic carbocycles. The minimum Gasteiger partial charge on any atom is -0.369 e. The Balaban J connectivity index is 1.95. The van der Waals surface area contributed by atoms with E-state index in [9.17, 15) is 13.2 Å². The van der Waals surface area contributed by atoms with E-state index in [1.807, 2.05) is 0 Å². The molecule has 1 amide bonds. The van der Waals surface area contributed by atoms with Crippen LogP contribution in [0.4, 0.5) is 0 Å². The molecule has 128 valence electrons. The summed E-state index contributed by atoms with van der Waals surface area (Å²) in [7, 11) is -3.67. The number of aromatic nitrogens is 2. The van der Waals surface area contributed by atoms with Gasteiger partial charge in [-0.1, -0.05) is 23.4 Å². The molecule has 10 heteroatoms. The largest absolute Gasteiger partial charge is 0.369 e. The lowest BCUT2D eigenvalue weighted by Gasteiger charge is -2.12. The molecule has 0 aliphatic heterocycles. The van der Waals surface area contributed by atoms with Gasteiger partial charge in [-0.15, -0.1) is 0 Å². The zero-order chi connectivity index (χ0) is 17.6. The number of hydrogen-bond acceptors (Lipinski definition) is 6. The number of nitrogens with one attached hydrogen (secondary N) is 1. The van der Waals surface area contributed by atoms with Crippen LogP contribution in [-0.4, -0.2) is 36.1 Å². The molecule has 1 heterocycles. The Morgan fingerprint density at radius 2 is 1.88 bits per heavy atom. The summed E-state index contributed by atoms with van der Waals surface area (Å²) in [5, 5.41) is 0.212. The third kappa shape index (κ3) is 5.45. The fourth-order valence-corrected chi connectivity index (χ4v) is 3.78. The Labute approximate surface area is 149 Å². The van der Waals surface area contributed by atoms with Crippen molar-refractivity contribution in [3.05, 3.63) is 47.7 Å². The Morgan fingerprint density at radius 1 is 1.25 bits per heavy atom. The van der Waals surface area contributed by atoms with Crippen LogP contribution in [0, 0.1) is 0 Å². The zero-order valence-corrected chi connectivity index (χ0v) is 14.8. The smallest absolute Gasteiger partial charge is 0.240 e. The van der Waals surface area contributed by atoms with Crippen LogP contribution in [0.1, 0.15) is 6.42 Å². The summed E-state index contributed by atoms with van der Waals surface area (Å²) < 4.78 is 26.7. The SMILES string of the molecule is NC(=O)[C@H](CCNS(=O)(=O)c1ccc(Cl)cc1)Sc1ncccn1. The number of hydrogen-bond donors (Lipinski definition) is 2. The molecule has 3 N–H and O–H groups in total. The summed E-state index contributed by atoms with van der Waals surface area (Å²) in [4.78, 5) is 19.6. The van der Waals surface area contributed by atoms with Crippen molar-refractivity contribution in [2.24, 2.45) is 5.73 Å². The van der Waals surface area contributed by atoms with Crippen LogP contribution in [0.15, 0.2) is 52.8 Å². The normalized spacial score (nSPS) is 12.7. The number of primary amides is 1. The number of nitrogens with two attached hydrogens (primary N) is 1. The third-order valence-corrected chi connectivity index (χ3v) is 5.83. The van der Waals surface area contributed by atoms with E-state index in [1.165, 1.54) is 24.3 Å². The van der Waals surface area contributed by atoms with Crippen LogP contribution in [0.3, 0.4) is 0 Å². The monoisotopic (exact) mass is 386 g/mol. The predicted octanol–water partition coefficient (Wildman–Crippen LogP) is 1.44. The van der Waals surface area contributed by atoms with E-state index in [-0.39, 0.29) is 17.9 Å². The van der Waals surface area contributed by atoms with Crippen molar-refractivity contribution in [1.82, 2.24) is 14.7 Å². The number of rotatable bonds is 8. The molecule has 0 unspecified atom stereocenters. The van der Waals surface area contributed by atoms with Gasteiger partial charge in [0.25, 0.3) is 0 Å². The van der Waals surface area contributed by atoms with Crippen LogP contribution in [0.2, 0.25) is 5.02 Å². The van der Waals surface area contributed by atoms with E-state index in [0.717, 1.165) is 11.8 Å². The van der Waals surface area contributed by atoms with Gasteiger partial charge in [0, 0.05) is 24.0 Å². The van der Waals surface area contributed by atoms with Gasteiger partial charge in [0.05, 0.1) is 10.1 Å². The Morgan fingerprint density at radius 3 is 2.46 bits per heavy atom.